The predicted octanol–water partition coefficient (Wildman–Crippen LogP) is 3.89. The first-order valence-electron chi connectivity index (χ1n) is 2.45. The first-order valence-corrected chi connectivity index (χ1v) is 4.73. The van der Waals surface area contributed by atoms with Crippen molar-refractivity contribution in [2.75, 3.05) is 0 Å². The third kappa shape index (κ3) is 1.94. The fourth-order valence-corrected chi connectivity index (χ4v) is 1.76. The molecule has 0 heterocycles. The van der Waals surface area contributed by atoms with Gasteiger partial charge in [-0.25, -0.2) is 0 Å². The Morgan fingerprint density at radius 3 is 2.20 bits per heavy atom. The van der Waals surface area contributed by atoms with Crippen LogP contribution in [0.4, 0.5) is 0 Å². The molecule has 1 rings (SSSR count). The summed E-state index contributed by atoms with van der Waals surface area (Å²) in [5.41, 5.74) is 0. The van der Waals surface area contributed by atoms with E-state index < -0.39 is 0 Å². The smallest absolute Gasteiger partial charge is 0.0604 e. The van der Waals surface area contributed by atoms with Crippen LogP contribution in [0, 0.1) is 3.57 Å². The fourth-order valence-electron chi connectivity index (χ4n) is 0.512. The molecule has 0 amide bonds. The zero-order chi connectivity index (χ0) is 7.72. The lowest BCUT2D eigenvalue weighted by Gasteiger charge is -1.98. The standard InChI is InChI=1S/C6H3Cl2IS/c7-3-1-5(9)6(10)2-4(3)8/h1-2,10H. The van der Waals surface area contributed by atoms with Crippen LogP contribution in [-0.2, 0) is 0 Å². The maximum atomic E-state index is 5.72. The molecular formula is C6H3Cl2IS. The maximum absolute atomic E-state index is 5.72. The summed E-state index contributed by atoms with van der Waals surface area (Å²) in [5, 5.41) is 1.12. The summed E-state index contributed by atoms with van der Waals surface area (Å²) in [6, 6.07) is 3.52. The van der Waals surface area contributed by atoms with E-state index in [-0.39, 0.29) is 0 Å². The molecule has 54 valence electrons. The molecule has 0 bridgehead atoms. The van der Waals surface area contributed by atoms with E-state index >= 15 is 0 Å². The largest absolute Gasteiger partial charge is 0.142 e. The first-order chi connectivity index (χ1) is 4.61. The van der Waals surface area contributed by atoms with E-state index in [0.29, 0.717) is 10.0 Å². The molecule has 0 unspecified atom stereocenters. The van der Waals surface area contributed by atoms with Crippen molar-refractivity contribution < 1.29 is 0 Å². The third-order valence-electron chi connectivity index (χ3n) is 0.990. The Hall–Kier alpha value is 0.880. The highest BCUT2D eigenvalue weighted by molar-refractivity contribution is 14.1. The lowest BCUT2D eigenvalue weighted by atomic mass is 10.4. The van der Waals surface area contributed by atoms with Crippen molar-refractivity contribution in [3.05, 3.63) is 25.7 Å². The van der Waals surface area contributed by atoms with Gasteiger partial charge in [-0.05, 0) is 34.7 Å². The number of hydrogen-bond acceptors (Lipinski definition) is 1. The SMILES string of the molecule is Sc1cc(Cl)c(Cl)cc1I. The highest BCUT2D eigenvalue weighted by Crippen LogP contribution is 2.28. The zero-order valence-corrected chi connectivity index (χ0v) is 9.30. The summed E-state index contributed by atoms with van der Waals surface area (Å²) in [6.45, 7) is 0. The van der Waals surface area contributed by atoms with E-state index in [0.717, 1.165) is 8.47 Å². The molecule has 0 fully saturated rings. The van der Waals surface area contributed by atoms with Crippen molar-refractivity contribution in [1.29, 1.82) is 0 Å². The number of hydrogen-bond donors (Lipinski definition) is 1. The zero-order valence-electron chi connectivity index (χ0n) is 4.74. The van der Waals surface area contributed by atoms with E-state index in [4.69, 9.17) is 23.2 Å². The Bertz CT molecular complexity index is 212. The molecule has 0 saturated carbocycles. The summed E-state index contributed by atoms with van der Waals surface area (Å²) in [5.74, 6) is 0. The van der Waals surface area contributed by atoms with Gasteiger partial charge in [-0.2, -0.15) is 0 Å². The molecule has 0 aliphatic rings. The van der Waals surface area contributed by atoms with Crippen LogP contribution >= 0.6 is 58.4 Å². The summed E-state index contributed by atoms with van der Waals surface area (Å²) >= 11 is 17.7. The van der Waals surface area contributed by atoms with E-state index in [9.17, 15) is 0 Å². The van der Waals surface area contributed by atoms with Gasteiger partial charge in [-0.3, -0.25) is 0 Å². The molecule has 0 N–H and O–H groups in total. The van der Waals surface area contributed by atoms with Crippen LogP contribution in [0.1, 0.15) is 0 Å². The van der Waals surface area contributed by atoms with E-state index in [2.05, 4.69) is 35.2 Å². The van der Waals surface area contributed by atoms with E-state index in [1.165, 1.54) is 0 Å². The average molecular weight is 305 g/mol. The summed E-state index contributed by atoms with van der Waals surface area (Å²) < 4.78 is 1.01. The highest BCUT2D eigenvalue weighted by atomic mass is 127. The van der Waals surface area contributed by atoms with Gasteiger partial charge in [0.1, 0.15) is 0 Å². The second kappa shape index (κ2) is 3.52. The van der Waals surface area contributed by atoms with Gasteiger partial charge < -0.3 is 0 Å². The number of benzene rings is 1. The Labute approximate surface area is 88.5 Å². The van der Waals surface area contributed by atoms with Gasteiger partial charge in [0.05, 0.1) is 10.0 Å². The van der Waals surface area contributed by atoms with Crippen LogP contribution in [-0.4, -0.2) is 0 Å². The monoisotopic (exact) mass is 304 g/mol. The third-order valence-corrected chi connectivity index (χ3v) is 3.40. The topological polar surface area (TPSA) is 0 Å². The Morgan fingerprint density at radius 1 is 1.20 bits per heavy atom. The molecule has 0 nitrogen and oxygen atoms in total. The summed E-state index contributed by atoms with van der Waals surface area (Å²) in [7, 11) is 0. The van der Waals surface area contributed by atoms with Gasteiger partial charge in [-0.1, -0.05) is 23.2 Å². The number of rotatable bonds is 0. The molecule has 0 aliphatic heterocycles. The van der Waals surface area contributed by atoms with Crippen LogP contribution in [0.5, 0.6) is 0 Å². The minimum atomic E-state index is 0.548. The normalized spacial score (nSPS) is 10.0. The molecule has 0 atom stereocenters. The molecule has 0 aliphatic carbocycles. The molecule has 0 radical (unpaired) electrons. The van der Waals surface area contributed by atoms with Gasteiger partial charge in [0.2, 0.25) is 0 Å². The minimum absolute atomic E-state index is 0.548. The van der Waals surface area contributed by atoms with Crippen LogP contribution in [0.2, 0.25) is 10.0 Å². The van der Waals surface area contributed by atoms with Crippen molar-refractivity contribution in [3.63, 3.8) is 0 Å². The van der Waals surface area contributed by atoms with Crippen molar-refractivity contribution in [1.82, 2.24) is 0 Å². The van der Waals surface area contributed by atoms with Gasteiger partial charge in [0.15, 0.2) is 0 Å². The predicted molar refractivity (Wildman–Crippen MR) is 56.4 cm³/mol. The molecule has 4 heteroatoms. The average Bonchev–Trinajstić information content (AvgIpc) is 1.84. The van der Waals surface area contributed by atoms with Crippen LogP contribution < -0.4 is 0 Å². The molecule has 1 aromatic carbocycles. The number of halogens is 3. The second-order valence-electron chi connectivity index (χ2n) is 1.72. The van der Waals surface area contributed by atoms with Crippen molar-refractivity contribution in [2.45, 2.75) is 4.90 Å². The molecule has 0 spiro atoms. The van der Waals surface area contributed by atoms with Gasteiger partial charge in [0, 0.05) is 8.47 Å². The Balaban J connectivity index is 3.28. The lowest BCUT2D eigenvalue weighted by molar-refractivity contribution is 1.42. The van der Waals surface area contributed by atoms with E-state index in [1.807, 2.05) is 0 Å². The molecular weight excluding hydrogens is 302 g/mol. The van der Waals surface area contributed by atoms with E-state index in [1.54, 1.807) is 12.1 Å². The summed E-state index contributed by atoms with van der Waals surface area (Å²) in [6.07, 6.45) is 0. The van der Waals surface area contributed by atoms with Gasteiger partial charge in [-0.15, -0.1) is 12.6 Å². The van der Waals surface area contributed by atoms with Crippen LogP contribution in [0.25, 0.3) is 0 Å². The molecule has 1 aromatic rings. The maximum Gasteiger partial charge on any atom is 0.0604 e. The van der Waals surface area contributed by atoms with Crippen LogP contribution in [0.3, 0.4) is 0 Å². The first kappa shape index (κ1) is 8.97. The minimum Gasteiger partial charge on any atom is -0.142 e. The van der Waals surface area contributed by atoms with Crippen LogP contribution in [0.15, 0.2) is 17.0 Å². The van der Waals surface area contributed by atoms with Gasteiger partial charge >= 0.3 is 0 Å². The molecule has 10 heavy (non-hydrogen) atoms. The Morgan fingerprint density at radius 2 is 1.70 bits per heavy atom. The molecule has 0 aromatic heterocycles. The molecule has 0 saturated heterocycles. The van der Waals surface area contributed by atoms with Gasteiger partial charge in [0.25, 0.3) is 0 Å². The lowest BCUT2D eigenvalue weighted by Crippen LogP contribution is -1.75. The number of thiol groups is 1. The summed E-state index contributed by atoms with van der Waals surface area (Å²) in [4.78, 5) is 0.856. The van der Waals surface area contributed by atoms with Crippen molar-refractivity contribution >= 4 is 58.4 Å². The Kier molecular flexibility index (Phi) is 3.16. The second-order valence-corrected chi connectivity index (χ2v) is 4.18. The fraction of sp³-hybridized carbons (Fsp3) is 0. The van der Waals surface area contributed by atoms with Crippen molar-refractivity contribution in [3.8, 4) is 0 Å². The highest BCUT2D eigenvalue weighted by Gasteiger charge is 2.00. The quantitative estimate of drug-likeness (QED) is 0.420. The van der Waals surface area contributed by atoms with Crippen molar-refractivity contribution in [2.24, 2.45) is 0 Å².